The lowest BCUT2D eigenvalue weighted by atomic mass is 10.0. The topological polar surface area (TPSA) is 30.5 Å². The quantitative estimate of drug-likeness (QED) is 0.923. The minimum Gasteiger partial charge on any atom is -0.454 e. The summed E-state index contributed by atoms with van der Waals surface area (Å²) in [5.74, 6) is 1.67. The summed E-state index contributed by atoms with van der Waals surface area (Å²) in [7, 11) is 0. The molecule has 3 rings (SSSR count). The average molecular weight is 283 g/mol. The van der Waals surface area contributed by atoms with Crippen molar-refractivity contribution in [1.29, 1.82) is 0 Å². The lowest BCUT2D eigenvalue weighted by Gasteiger charge is -2.17. The maximum absolute atomic E-state index is 5.44. The van der Waals surface area contributed by atoms with E-state index in [0.29, 0.717) is 6.79 Å². The summed E-state index contributed by atoms with van der Waals surface area (Å²) in [4.78, 5) is 0. The molecule has 2 aromatic carbocycles. The van der Waals surface area contributed by atoms with Crippen molar-refractivity contribution < 1.29 is 9.47 Å². The lowest BCUT2D eigenvalue weighted by molar-refractivity contribution is 0.174. The molecule has 1 aliphatic rings. The van der Waals surface area contributed by atoms with E-state index < -0.39 is 0 Å². The Balaban J connectivity index is 1.70. The summed E-state index contributed by atoms with van der Waals surface area (Å²) < 4.78 is 10.8. The van der Waals surface area contributed by atoms with Crippen LogP contribution in [0.1, 0.15) is 35.2 Å². The summed E-state index contributed by atoms with van der Waals surface area (Å²) >= 11 is 0. The van der Waals surface area contributed by atoms with Gasteiger partial charge in [-0.3, -0.25) is 0 Å². The Morgan fingerprint density at radius 2 is 1.76 bits per heavy atom. The van der Waals surface area contributed by atoms with E-state index in [1.165, 1.54) is 22.3 Å². The molecule has 2 aromatic rings. The molecule has 3 heteroatoms. The molecule has 110 valence electrons. The van der Waals surface area contributed by atoms with Crippen LogP contribution in [0, 0.1) is 13.8 Å². The van der Waals surface area contributed by atoms with Gasteiger partial charge in [-0.25, -0.2) is 0 Å². The number of fused-ring (bicyclic) bond motifs is 1. The number of aryl methyl sites for hydroxylation is 2. The molecule has 0 amide bonds. The zero-order chi connectivity index (χ0) is 14.8. The van der Waals surface area contributed by atoms with Crippen molar-refractivity contribution >= 4 is 0 Å². The first-order valence-electron chi connectivity index (χ1n) is 7.33. The van der Waals surface area contributed by atoms with E-state index in [4.69, 9.17) is 9.47 Å². The number of ether oxygens (including phenoxy) is 2. The summed E-state index contributed by atoms with van der Waals surface area (Å²) in [5.41, 5.74) is 5.26. The molecular formula is C18H21NO2. The van der Waals surface area contributed by atoms with Gasteiger partial charge in [-0.1, -0.05) is 24.3 Å². The van der Waals surface area contributed by atoms with Crippen LogP contribution in [-0.2, 0) is 6.54 Å². The predicted octanol–water partition coefficient (Wildman–Crippen LogP) is 3.88. The van der Waals surface area contributed by atoms with Gasteiger partial charge in [-0.2, -0.15) is 0 Å². The molecule has 1 unspecified atom stereocenters. The third-order valence-corrected chi connectivity index (χ3v) is 4.13. The van der Waals surface area contributed by atoms with Crippen molar-refractivity contribution in [3.8, 4) is 11.5 Å². The summed E-state index contributed by atoms with van der Waals surface area (Å²) in [6.45, 7) is 7.69. The SMILES string of the molecule is Cc1cccc(C)c1CNC(C)c1ccc2c(c1)OCO2. The average Bonchev–Trinajstić information content (AvgIpc) is 2.93. The van der Waals surface area contributed by atoms with E-state index in [-0.39, 0.29) is 6.04 Å². The van der Waals surface area contributed by atoms with Gasteiger partial charge in [0.05, 0.1) is 0 Å². The third-order valence-electron chi connectivity index (χ3n) is 4.13. The second-order valence-electron chi connectivity index (χ2n) is 5.59. The van der Waals surface area contributed by atoms with Gasteiger partial charge in [0.25, 0.3) is 0 Å². The Hall–Kier alpha value is -2.00. The highest BCUT2D eigenvalue weighted by Gasteiger charge is 2.15. The number of rotatable bonds is 4. The molecule has 0 saturated carbocycles. The molecule has 1 heterocycles. The van der Waals surface area contributed by atoms with Crippen LogP contribution in [0.3, 0.4) is 0 Å². The van der Waals surface area contributed by atoms with E-state index in [9.17, 15) is 0 Å². The van der Waals surface area contributed by atoms with Gasteiger partial charge in [-0.15, -0.1) is 0 Å². The molecule has 0 saturated heterocycles. The van der Waals surface area contributed by atoms with Crippen LogP contribution in [0.25, 0.3) is 0 Å². The van der Waals surface area contributed by atoms with E-state index in [1.807, 2.05) is 6.07 Å². The molecule has 21 heavy (non-hydrogen) atoms. The molecule has 0 fully saturated rings. The predicted molar refractivity (Wildman–Crippen MR) is 83.7 cm³/mol. The molecule has 0 aliphatic carbocycles. The molecule has 1 N–H and O–H groups in total. The summed E-state index contributed by atoms with van der Waals surface area (Å²) in [5, 5.41) is 3.59. The first kappa shape index (κ1) is 14.0. The van der Waals surface area contributed by atoms with Crippen molar-refractivity contribution in [1.82, 2.24) is 5.32 Å². The van der Waals surface area contributed by atoms with Crippen molar-refractivity contribution in [2.24, 2.45) is 0 Å². The van der Waals surface area contributed by atoms with Gasteiger partial charge in [0.2, 0.25) is 6.79 Å². The maximum atomic E-state index is 5.44. The third kappa shape index (κ3) is 2.88. The second-order valence-corrected chi connectivity index (χ2v) is 5.59. The van der Waals surface area contributed by atoms with Gasteiger partial charge in [0.1, 0.15) is 0 Å². The zero-order valence-corrected chi connectivity index (χ0v) is 12.8. The minimum atomic E-state index is 0.263. The standard InChI is InChI=1S/C18H21NO2/c1-12-5-4-6-13(2)16(12)10-19-14(3)15-7-8-17-18(9-15)21-11-20-17/h4-9,14,19H,10-11H2,1-3H3. The van der Waals surface area contributed by atoms with Gasteiger partial charge >= 0.3 is 0 Å². The Morgan fingerprint density at radius 3 is 2.52 bits per heavy atom. The van der Waals surface area contributed by atoms with Crippen LogP contribution in [0.2, 0.25) is 0 Å². The fraction of sp³-hybridized carbons (Fsp3) is 0.333. The largest absolute Gasteiger partial charge is 0.454 e. The number of nitrogens with one attached hydrogen (secondary N) is 1. The number of benzene rings is 2. The monoisotopic (exact) mass is 283 g/mol. The van der Waals surface area contributed by atoms with E-state index in [1.54, 1.807) is 0 Å². The highest BCUT2D eigenvalue weighted by atomic mass is 16.7. The zero-order valence-electron chi connectivity index (χ0n) is 12.8. The van der Waals surface area contributed by atoms with Gasteiger partial charge in [0, 0.05) is 12.6 Å². The first-order chi connectivity index (χ1) is 10.1. The Bertz CT molecular complexity index is 631. The number of hydrogen-bond acceptors (Lipinski definition) is 3. The molecule has 0 radical (unpaired) electrons. The first-order valence-corrected chi connectivity index (χ1v) is 7.33. The van der Waals surface area contributed by atoms with E-state index >= 15 is 0 Å². The molecule has 0 bridgehead atoms. The molecule has 0 aromatic heterocycles. The highest BCUT2D eigenvalue weighted by molar-refractivity contribution is 5.45. The van der Waals surface area contributed by atoms with Gasteiger partial charge in [-0.05, 0) is 55.2 Å². The smallest absolute Gasteiger partial charge is 0.231 e. The van der Waals surface area contributed by atoms with Gasteiger partial charge in [0.15, 0.2) is 11.5 Å². The van der Waals surface area contributed by atoms with Crippen molar-refractivity contribution in [2.75, 3.05) is 6.79 Å². The van der Waals surface area contributed by atoms with Crippen LogP contribution in [0.15, 0.2) is 36.4 Å². The Morgan fingerprint density at radius 1 is 1.05 bits per heavy atom. The Kier molecular flexibility index (Phi) is 3.84. The molecular weight excluding hydrogens is 262 g/mol. The summed E-state index contributed by atoms with van der Waals surface area (Å²) in [6.07, 6.45) is 0. The van der Waals surface area contributed by atoms with Crippen LogP contribution >= 0.6 is 0 Å². The normalized spacial score (nSPS) is 14.2. The fourth-order valence-electron chi connectivity index (χ4n) is 2.68. The molecule has 0 spiro atoms. The molecule has 1 atom stereocenters. The second kappa shape index (κ2) is 5.78. The van der Waals surface area contributed by atoms with E-state index in [0.717, 1.165) is 18.0 Å². The summed E-state index contributed by atoms with van der Waals surface area (Å²) in [6, 6.07) is 12.8. The van der Waals surface area contributed by atoms with Crippen LogP contribution in [0.5, 0.6) is 11.5 Å². The fourth-order valence-corrected chi connectivity index (χ4v) is 2.68. The van der Waals surface area contributed by atoms with Gasteiger partial charge < -0.3 is 14.8 Å². The van der Waals surface area contributed by atoms with E-state index in [2.05, 4.69) is 56.4 Å². The lowest BCUT2D eigenvalue weighted by Crippen LogP contribution is -2.19. The molecule has 3 nitrogen and oxygen atoms in total. The number of hydrogen-bond donors (Lipinski definition) is 1. The van der Waals surface area contributed by atoms with Crippen LogP contribution in [-0.4, -0.2) is 6.79 Å². The van der Waals surface area contributed by atoms with Crippen LogP contribution < -0.4 is 14.8 Å². The Labute approximate surface area is 125 Å². The van der Waals surface area contributed by atoms with Crippen molar-refractivity contribution in [3.63, 3.8) is 0 Å². The van der Waals surface area contributed by atoms with Crippen molar-refractivity contribution in [3.05, 3.63) is 58.7 Å². The maximum Gasteiger partial charge on any atom is 0.231 e. The minimum absolute atomic E-state index is 0.263. The highest BCUT2D eigenvalue weighted by Crippen LogP contribution is 2.34. The molecule has 1 aliphatic heterocycles. The van der Waals surface area contributed by atoms with Crippen molar-refractivity contribution in [2.45, 2.75) is 33.4 Å². The van der Waals surface area contributed by atoms with Crippen LogP contribution in [0.4, 0.5) is 0 Å².